The van der Waals surface area contributed by atoms with Crippen LogP contribution in [0.25, 0.3) is 16.9 Å². The number of esters is 2. The first-order valence-electron chi connectivity index (χ1n) is 7.58. The van der Waals surface area contributed by atoms with Crippen molar-refractivity contribution in [2.24, 2.45) is 0 Å². The van der Waals surface area contributed by atoms with Crippen LogP contribution >= 0.6 is 0 Å². The van der Waals surface area contributed by atoms with Crippen LogP contribution in [0.5, 0.6) is 0 Å². The molecule has 0 aliphatic rings. The first-order chi connectivity index (χ1) is 12.2. The van der Waals surface area contributed by atoms with Gasteiger partial charge in [-0.05, 0) is 12.1 Å². The van der Waals surface area contributed by atoms with Gasteiger partial charge in [0.1, 0.15) is 5.56 Å². The number of rotatable bonds is 4. The molecular formula is C19H16N2O4. The highest BCUT2D eigenvalue weighted by Gasteiger charge is 2.30. The minimum Gasteiger partial charge on any atom is -0.465 e. The molecule has 3 aromatic rings. The van der Waals surface area contributed by atoms with E-state index in [1.165, 1.54) is 14.2 Å². The highest BCUT2D eigenvalue weighted by molar-refractivity contribution is 6.06. The Morgan fingerprint density at radius 1 is 0.840 bits per heavy atom. The molecule has 0 spiro atoms. The van der Waals surface area contributed by atoms with E-state index in [0.717, 1.165) is 5.56 Å². The molecule has 2 aromatic carbocycles. The van der Waals surface area contributed by atoms with Gasteiger partial charge in [-0.3, -0.25) is 0 Å². The molecule has 0 fully saturated rings. The minimum atomic E-state index is -0.702. The molecule has 1 heterocycles. The van der Waals surface area contributed by atoms with E-state index in [2.05, 4.69) is 5.10 Å². The standard InChI is InChI=1S/C19H16N2O4/c1-24-18(22)15-16(19(23)25-2)20-21(14-11-7-4-8-12-14)17(15)13-9-5-3-6-10-13/h3-12H,1-2H3. The van der Waals surface area contributed by atoms with Crippen LogP contribution in [0.15, 0.2) is 60.7 Å². The van der Waals surface area contributed by atoms with E-state index in [-0.39, 0.29) is 11.3 Å². The second kappa shape index (κ2) is 7.00. The van der Waals surface area contributed by atoms with Gasteiger partial charge in [0, 0.05) is 5.56 Å². The summed E-state index contributed by atoms with van der Waals surface area (Å²) in [5.41, 5.74) is 1.90. The number of carbonyl (C=O) groups is 2. The fourth-order valence-corrected chi connectivity index (χ4v) is 2.57. The summed E-state index contributed by atoms with van der Waals surface area (Å²) in [5.74, 6) is -1.35. The molecule has 0 aliphatic heterocycles. The van der Waals surface area contributed by atoms with Crippen molar-refractivity contribution in [1.82, 2.24) is 9.78 Å². The van der Waals surface area contributed by atoms with Crippen LogP contribution in [0.2, 0.25) is 0 Å². The lowest BCUT2D eigenvalue weighted by Crippen LogP contribution is -2.11. The van der Waals surface area contributed by atoms with E-state index in [4.69, 9.17) is 9.47 Å². The first kappa shape index (κ1) is 16.4. The average molecular weight is 336 g/mol. The smallest absolute Gasteiger partial charge is 0.359 e. The van der Waals surface area contributed by atoms with Gasteiger partial charge in [-0.25, -0.2) is 14.3 Å². The summed E-state index contributed by atoms with van der Waals surface area (Å²) in [6.45, 7) is 0. The summed E-state index contributed by atoms with van der Waals surface area (Å²) in [7, 11) is 2.51. The number of carbonyl (C=O) groups excluding carboxylic acids is 2. The molecular weight excluding hydrogens is 320 g/mol. The normalized spacial score (nSPS) is 10.3. The van der Waals surface area contributed by atoms with Gasteiger partial charge in [-0.1, -0.05) is 48.5 Å². The maximum absolute atomic E-state index is 12.4. The molecule has 0 saturated heterocycles. The van der Waals surface area contributed by atoms with Gasteiger partial charge in [-0.15, -0.1) is 0 Å². The molecule has 3 rings (SSSR count). The monoisotopic (exact) mass is 336 g/mol. The van der Waals surface area contributed by atoms with E-state index in [9.17, 15) is 9.59 Å². The highest BCUT2D eigenvalue weighted by Crippen LogP contribution is 2.30. The predicted octanol–water partition coefficient (Wildman–Crippen LogP) is 3.11. The number of nitrogens with zero attached hydrogens (tertiary/aromatic N) is 2. The molecule has 0 aliphatic carbocycles. The summed E-state index contributed by atoms with van der Waals surface area (Å²) < 4.78 is 11.2. The lowest BCUT2D eigenvalue weighted by Gasteiger charge is -2.09. The fraction of sp³-hybridized carbons (Fsp3) is 0.105. The SMILES string of the molecule is COC(=O)c1nn(-c2ccccc2)c(-c2ccccc2)c1C(=O)OC. The predicted molar refractivity (Wildman–Crippen MR) is 91.7 cm³/mol. The van der Waals surface area contributed by atoms with Crippen molar-refractivity contribution >= 4 is 11.9 Å². The van der Waals surface area contributed by atoms with Gasteiger partial charge >= 0.3 is 11.9 Å². The third-order valence-corrected chi connectivity index (χ3v) is 3.70. The lowest BCUT2D eigenvalue weighted by atomic mass is 10.1. The van der Waals surface area contributed by atoms with Gasteiger partial charge in [-0.2, -0.15) is 5.10 Å². The second-order valence-electron chi connectivity index (χ2n) is 5.17. The number of hydrogen-bond donors (Lipinski definition) is 0. The van der Waals surface area contributed by atoms with Crippen molar-refractivity contribution in [1.29, 1.82) is 0 Å². The zero-order valence-corrected chi connectivity index (χ0v) is 13.8. The molecule has 1 aromatic heterocycles. The van der Waals surface area contributed by atoms with Crippen LogP contribution in [0.3, 0.4) is 0 Å². The fourth-order valence-electron chi connectivity index (χ4n) is 2.57. The Morgan fingerprint density at radius 2 is 1.40 bits per heavy atom. The minimum absolute atomic E-state index is 0.0735. The van der Waals surface area contributed by atoms with E-state index in [1.54, 1.807) is 4.68 Å². The van der Waals surface area contributed by atoms with Crippen molar-refractivity contribution < 1.29 is 19.1 Å². The largest absolute Gasteiger partial charge is 0.465 e. The topological polar surface area (TPSA) is 70.4 Å². The van der Waals surface area contributed by atoms with Gasteiger partial charge in [0.25, 0.3) is 0 Å². The number of benzene rings is 2. The Morgan fingerprint density at radius 3 is 1.96 bits per heavy atom. The molecule has 25 heavy (non-hydrogen) atoms. The molecule has 0 amide bonds. The molecule has 0 atom stereocenters. The number of para-hydroxylation sites is 1. The Balaban J connectivity index is 2.37. The third-order valence-electron chi connectivity index (χ3n) is 3.70. The van der Waals surface area contributed by atoms with Gasteiger partial charge in [0.05, 0.1) is 25.6 Å². The van der Waals surface area contributed by atoms with Crippen LogP contribution in [-0.4, -0.2) is 35.9 Å². The molecule has 0 radical (unpaired) electrons. The van der Waals surface area contributed by atoms with E-state index >= 15 is 0 Å². The Kier molecular flexibility index (Phi) is 4.61. The van der Waals surface area contributed by atoms with Gasteiger partial charge in [0.2, 0.25) is 0 Å². The van der Waals surface area contributed by atoms with Crippen LogP contribution in [-0.2, 0) is 9.47 Å². The van der Waals surface area contributed by atoms with Crippen molar-refractivity contribution in [2.75, 3.05) is 14.2 Å². The van der Waals surface area contributed by atoms with E-state index < -0.39 is 11.9 Å². The van der Waals surface area contributed by atoms with Crippen molar-refractivity contribution in [3.05, 3.63) is 71.9 Å². The quantitative estimate of drug-likeness (QED) is 0.685. The molecule has 6 nitrogen and oxygen atoms in total. The van der Waals surface area contributed by atoms with Crippen LogP contribution in [0, 0.1) is 0 Å². The average Bonchev–Trinajstić information content (AvgIpc) is 3.08. The Hall–Kier alpha value is -3.41. The molecule has 0 N–H and O–H groups in total. The van der Waals surface area contributed by atoms with Crippen molar-refractivity contribution in [3.63, 3.8) is 0 Å². The maximum Gasteiger partial charge on any atom is 0.359 e. The third kappa shape index (κ3) is 3.01. The summed E-state index contributed by atoms with van der Waals surface area (Å²) in [6, 6.07) is 18.5. The molecule has 0 unspecified atom stereocenters. The van der Waals surface area contributed by atoms with Crippen molar-refractivity contribution in [2.45, 2.75) is 0 Å². The summed E-state index contributed by atoms with van der Waals surface area (Å²) in [5, 5.41) is 4.34. The van der Waals surface area contributed by atoms with Crippen LogP contribution in [0.1, 0.15) is 20.8 Å². The first-order valence-corrected chi connectivity index (χ1v) is 7.58. The molecule has 6 heteroatoms. The van der Waals surface area contributed by atoms with Gasteiger partial charge < -0.3 is 9.47 Å². The zero-order chi connectivity index (χ0) is 17.8. The zero-order valence-electron chi connectivity index (χ0n) is 13.8. The van der Waals surface area contributed by atoms with Crippen molar-refractivity contribution in [3.8, 4) is 16.9 Å². The second-order valence-corrected chi connectivity index (χ2v) is 5.17. The molecule has 0 saturated carbocycles. The number of ether oxygens (including phenoxy) is 2. The maximum atomic E-state index is 12.4. The summed E-state index contributed by atoms with van der Waals surface area (Å²) in [4.78, 5) is 24.6. The number of hydrogen-bond acceptors (Lipinski definition) is 5. The summed E-state index contributed by atoms with van der Waals surface area (Å²) in [6.07, 6.45) is 0. The Bertz CT molecular complexity index is 902. The van der Waals surface area contributed by atoms with Crippen LogP contribution < -0.4 is 0 Å². The number of methoxy groups -OCH3 is 2. The van der Waals surface area contributed by atoms with E-state index in [1.807, 2.05) is 60.7 Å². The lowest BCUT2D eigenvalue weighted by molar-refractivity contribution is 0.0552. The molecule has 126 valence electrons. The Labute approximate surface area is 144 Å². The molecule has 0 bridgehead atoms. The van der Waals surface area contributed by atoms with Crippen LogP contribution in [0.4, 0.5) is 0 Å². The number of aromatic nitrogens is 2. The highest BCUT2D eigenvalue weighted by atomic mass is 16.5. The van der Waals surface area contributed by atoms with E-state index in [0.29, 0.717) is 11.4 Å². The summed E-state index contributed by atoms with van der Waals surface area (Å²) >= 11 is 0. The van der Waals surface area contributed by atoms with Gasteiger partial charge in [0.15, 0.2) is 5.69 Å².